The molecule has 1 aromatic carbocycles. The van der Waals surface area contributed by atoms with Crippen LogP contribution in [0.5, 0.6) is 0 Å². The van der Waals surface area contributed by atoms with Crippen LogP contribution in [-0.4, -0.2) is 26.0 Å². The Labute approximate surface area is 174 Å². The summed E-state index contributed by atoms with van der Waals surface area (Å²) in [5.74, 6) is 0.296. The molecule has 28 heavy (non-hydrogen) atoms. The minimum absolute atomic E-state index is 0. The maximum atomic E-state index is 13.3. The molecular weight excluding hydrogens is 346 g/mol. The molecule has 0 saturated carbocycles. The summed E-state index contributed by atoms with van der Waals surface area (Å²) in [5.41, 5.74) is 6.65. The van der Waals surface area contributed by atoms with E-state index in [-0.39, 0.29) is 28.0 Å². The van der Waals surface area contributed by atoms with Gasteiger partial charge < -0.3 is 10.1 Å². The summed E-state index contributed by atoms with van der Waals surface area (Å²) in [6, 6.07) is 6.15. The lowest BCUT2D eigenvalue weighted by Crippen LogP contribution is -2.27. The number of hydrogen-bond acceptors (Lipinski definition) is 3. The Bertz CT molecular complexity index is 758. The smallest absolute Gasteiger partial charge is 0.166 e. The highest BCUT2D eigenvalue weighted by molar-refractivity contribution is 5.99. The third-order valence-electron chi connectivity index (χ3n) is 5.28. The van der Waals surface area contributed by atoms with Gasteiger partial charge in [-0.2, -0.15) is 0 Å². The first-order chi connectivity index (χ1) is 12.9. The van der Waals surface area contributed by atoms with E-state index in [9.17, 15) is 4.79 Å². The third-order valence-corrected chi connectivity index (χ3v) is 5.28. The van der Waals surface area contributed by atoms with Crippen molar-refractivity contribution in [3.05, 3.63) is 70.3 Å². The molecule has 0 spiro atoms. The Morgan fingerprint density at radius 1 is 1.29 bits per heavy atom. The largest absolute Gasteiger partial charge is 0.381 e. The van der Waals surface area contributed by atoms with Gasteiger partial charge in [0.1, 0.15) is 0 Å². The molecular formula is C25H41NO2. The van der Waals surface area contributed by atoms with Crippen molar-refractivity contribution in [3.8, 4) is 0 Å². The summed E-state index contributed by atoms with van der Waals surface area (Å²) in [6.45, 7) is 13.6. The average molecular weight is 388 g/mol. The number of ether oxygens (including phenoxy) is 1. The van der Waals surface area contributed by atoms with Crippen LogP contribution in [0.4, 0.5) is 0 Å². The van der Waals surface area contributed by atoms with Gasteiger partial charge in [0.25, 0.3) is 0 Å². The van der Waals surface area contributed by atoms with Gasteiger partial charge >= 0.3 is 0 Å². The standard InChI is InChI=1S/C24H33NO2.CH4.2H2/c1-7-8-18(5)22(16(2)3)23(25-6)21-15-17(4)9-10-20(21)24(26)19-11-13-27-14-12-19;;;/h7-10,15,19,23,25H,1,11-14H2,2-6H3;1H4;2*1H/b18-8-;;;. The van der Waals surface area contributed by atoms with Gasteiger partial charge in [-0.05, 0) is 64.3 Å². The van der Waals surface area contributed by atoms with Gasteiger partial charge in [-0.3, -0.25) is 4.79 Å². The Morgan fingerprint density at radius 3 is 2.46 bits per heavy atom. The first kappa shape index (κ1) is 24.1. The van der Waals surface area contributed by atoms with Crippen LogP contribution in [-0.2, 0) is 4.74 Å². The molecule has 1 saturated heterocycles. The minimum atomic E-state index is -0.0371. The number of carbonyl (C=O) groups excluding carboxylic acids is 1. The Balaban J connectivity index is 0. The number of benzene rings is 1. The molecule has 1 N–H and O–H groups in total. The number of allylic oxidation sites excluding steroid dienone is 3. The second kappa shape index (κ2) is 11.1. The van der Waals surface area contributed by atoms with Crippen LogP contribution < -0.4 is 5.32 Å². The Morgan fingerprint density at radius 2 is 1.93 bits per heavy atom. The molecule has 1 fully saturated rings. The topological polar surface area (TPSA) is 38.3 Å². The Kier molecular flexibility index (Phi) is 9.57. The van der Waals surface area contributed by atoms with Crippen molar-refractivity contribution in [1.82, 2.24) is 5.32 Å². The van der Waals surface area contributed by atoms with E-state index in [4.69, 9.17) is 4.74 Å². The van der Waals surface area contributed by atoms with Crippen LogP contribution in [0.1, 0.15) is 71.4 Å². The molecule has 3 heteroatoms. The monoisotopic (exact) mass is 387 g/mol. The molecule has 1 aromatic rings. The molecule has 1 aliphatic heterocycles. The highest BCUT2D eigenvalue weighted by atomic mass is 16.5. The number of likely N-dealkylation sites (N-methyl/N-ethyl adjacent to an activating group) is 1. The highest BCUT2D eigenvalue weighted by Gasteiger charge is 2.28. The fourth-order valence-electron chi connectivity index (χ4n) is 3.96. The summed E-state index contributed by atoms with van der Waals surface area (Å²) < 4.78 is 5.44. The second-order valence-corrected chi connectivity index (χ2v) is 7.56. The van der Waals surface area contributed by atoms with E-state index >= 15 is 0 Å². The molecule has 0 amide bonds. The molecule has 158 valence electrons. The van der Waals surface area contributed by atoms with E-state index in [1.165, 1.54) is 11.1 Å². The molecule has 0 bridgehead atoms. The van der Waals surface area contributed by atoms with Crippen LogP contribution in [0.25, 0.3) is 0 Å². The SMILES string of the molecule is C.C=C/C=C(/C)C(=C(C)C)C(NC)c1cc(C)ccc1C(=O)C1CCOCC1.[HH].[HH]. The summed E-state index contributed by atoms with van der Waals surface area (Å²) in [7, 11) is 1.96. The van der Waals surface area contributed by atoms with Crippen molar-refractivity contribution >= 4 is 5.78 Å². The third kappa shape index (κ3) is 5.52. The summed E-state index contributed by atoms with van der Waals surface area (Å²) >= 11 is 0. The van der Waals surface area contributed by atoms with E-state index in [2.05, 4.69) is 45.7 Å². The number of Topliss-reactive ketones (excluding diaryl/α,β-unsaturated/α-hetero) is 1. The zero-order chi connectivity index (χ0) is 20.0. The lowest BCUT2D eigenvalue weighted by Gasteiger charge is -2.27. The number of nitrogens with one attached hydrogen (secondary N) is 1. The molecule has 3 nitrogen and oxygen atoms in total. The summed E-state index contributed by atoms with van der Waals surface area (Å²) in [4.78, 5) is 13.3. The van der Waals surface area contributed by atoms with Crippen molar-refractivity contribution in [3.63, 3.8) is 0 Å². The Hall–Kier alpha value is -1.97. The number of rotatable bonds is 7. The summed E-state index contributed by atoms with van der Waals surface area (Å²) in [6.07, 6.45) is 5.46. The minimum Gasteiger partial charge on any atom is -0.381 e. The van der Waals surface area contributed by atoms with Gasteiger partial charge in [0.2, 0.25) is 0 Å². The zero-order valence-electron chi connectivity index (χ0n) is 17.4. The van der Waals surface area contributed by atoms with Gasteiger partial charge in [0, 0.05) is 27.5 Å². The van der Waals surface area contributed by atoms with Crippen LogP contribution >= 0.6 is 0 Å². The second-order valence-electron chi connectivity index (χ2n) is 7.56. The number of aryl methyl sites for hydroxylation is 1. The van der Waals surface area contributed by atoms with E-state index in [1.807, 2.05) is 31.3 Å². The zero-order valence-corrected chi connectivity index (χ0v) is 17.4. The fraction of sp³-hybridized carbons (Fsp3) is 0.480. The summed E-state index contributed by atoms with van der Waals surface area (Å²) in [5, 5.41) is 3.45. The number of ketones is 1. The maximum Gasteiger partial charge on any atom is 0.166 e. The van der Waals surface area contributed by atoms with Crippen molar-refractivity contribution in [2.45, 2.75) is 54.0 Å². The van der Waals surface area contributed by atoms with Gasteiger partial charge in [-0.1, -0.05) is 55.5 Å². The molecule has 1 atom stereocenters. The first-order valence-corrected chi connectivity index (χ1v) is 9.77. The lowest BCUT2D eigenvalue weighted by molar-refractivity contribution is 0.0544. The molecule has 0 aromatic heterocycles. The number of hydrogen-bond donors (Lipinski definition) is 1. The van der Waals surface area contributed by atoms with E-state index in [0.29, 0.717) is 13.2 Å². The normalized spacial score (nSPS) is 16.1. The predicted molar refractivity (Wildman–Crippen MR) is 124 cm³/mol. The van der Waals surface area contributed by atoms with Crippen molar-refractivity contribution in [2.24, 2.45) is 5.92 Å². The number of carbonyl (C=O) groups is 1. The van der Waals surface area contributed by atoms with E-state index in [0.717, 1.165) is 35.1 Å². The molecule has 0 radical (unpaired) electrons. The molecule has 0 aliphatic carbocycles. The maximum absolute atomic E-state index is 13.3. The highest BCUT2D eigenvalue weighted by Crippen LogP contribution is 2.34. The molecule has 1 aliphatic rings. The predicted octanol–water partition coefficient (Wildman–Crippen LogP) is 6.46. The molecule has 1 unspecified atom stereocenters. The molecule has 2 rings (SSSR count). The average Bonchev–Trinajstić information content (AvgIpc) is 2.65. The van der Waals surface area contributed by atoms with Crippen molar-refractivity contribution in [1.29, 1.82) is 0 Å². The van der Waals surface area contributed by atoms with Gasteiger partial charge in [-0.25, -0.2) is 0 Å². The quantitative estimate of drug-likeness (QED) is 0.431. The van der Waals surface area contributed by atoms with Crippen LogP contribution in [0.2, 0.25) is 0 Å². The first-order valence-electron chi connectivity index (χ1n) is 9.77. The van der Waals surface area contributed by atoms with E-state index < -0.39 is 0 Å². The van der Waals surface area contributed by atoms with Crippen LogP contribution in [0.15, 0.2) is 53.6 Å². The fourth-order valence-corrected chi connectivity index (χ4v) is 3.96. The van der Waals surface area contributed by atoms with Gasteiger partial charge in [0.05, 0.1) is 6.04 Å². The lowest BCUT2D eigenvalue weighted by atomic mass is 9.82. The van der Waals surface area contributed by atoms with Crippen molar-refractivity contribution < 1.29 is 12.4 Å². The van der Waals surface area contributed by atoms with Crippen molar-refractivity contribution in [2.75, 3.05) is 20.3 Å². The van der Waals surface area contributed by atoms with Gasteiger partial charge in [0.15, 0.2) is 5.78 Å². The van der Waals surface area contributed by atoms with Crippen LogP contribution in [0, 0.1) is 12.8 Å². The van der Waals surface area contributed by atoms with E-state index in [1.54, 1.807) is 0 Å². The van der Waals surface area contributed by atoms with Gasteiger partial charge in [-0.15, -0.1) is 0 Å². The molecule has 1 heterocycles. The van der Waals surface area contributed by atoms with Crippen LogP contribution in [0.3, 0.4) is 0 Å².